The summed E-state index contributed by atoms with van der Waals surface area (Å²) in [6, 6.07) is 2.01. The van der Waals surface area contributed by atoms with E-state index in [-0.39, 0.29) is 16.1 Å². The van der Waals surface area contributed by atoms with Crippen LogP contribution in [0, 0.1) is 17.6 Å². The Hall–Kier alpha value is -0.620. The van der Waals surface area contributed by atoms with Crippen LogP contribution in [0.15, 0.2) is 16.6 Å². The predicted molar refractivity (Wildman–Crippen MR) is 77.4 cm³/mol. The Morgan fingerprint density at radius 1 is 1.32 bits per heavy atom. The van der Waals surface area contributed by atoms with Crippen LogP contribution in [0.1, 0.15) is 19.3 Å². The first kappa shape index (κ1) is 14.8. The van der Waals surface area contributed by atoms with Gasteiger partial charge in [-0.3, -0.25) is 4.79 Å². The average molecular weight is 350 g/mol. The molecule has 1 aromatic carbocycles. The van der Waals surface area contributed by atoms with E-state index >= 15 is 0 Å². The fraction of sp³-hybridized carbons (Fsp3) is 0.462. The fourth-order valence-electron chi connectivity index (χ4n) is 2.03. The number of carbonyl (C=O) groups is 1. The first-order valence-corrected chi connectivity index (χ1v) is 8.03. The molecule has 1 aliphatic heterocycles. The highest BCUT2D eigenvalue weighted by atomic mass is 79.9. The van der Waals surface area contributed by atoms with E-state index in [0.717, 1.165) is 36.5 Å². The zero-order valence-corrected chi connectivity index (χ0v) is 12.6. The molecule has 1 aliphatic rings. The number of nitrogens with one attached hydrogen (secondary N) is 1. The van der Waals surface area contributed by atoms with Gasteiger partial charge in [-0.05, 0) is 52.3 Å². The van der Waals surface area contributed by atoms with Crippen molar-refractivity contribution in [1.82, 2.24) is 0 Å². The molecule has 1 amide bonds. The molecule has 0 saturated carbocycles. The molecule has 2 nitrogen and oxygen atoms in total. The molecular weight excluding hydrogens is 336 g/mol. The van der Waals surface area contributed by atoms with Gasteiger partial charge in [0.05, 0.1) is 10.2 Å². The van der Waals surface area contributed by atoms with Gasteiger partial charge in [0.2, 0.25) is 5.91 Å². The number of hydrogen-bond acceptors (Lipinski definition) is 2. The number of carbonyl (C=O) groups excluding carboxylic acids is 1. The molecule has 0 spiro atoms. The summed E-state index contributed by atoms with van der Waals surface area (Å²) < 4.78 is 26.9. The topological polar surface area (TPSA) is 29.1 Å². The maximum absolute atomic E-state index is 13.6. The van der Waals surface area contributed by atoms with Crippen LogP contribution < -0.4 is 5.32 Å². The van der Waals surface area contributed by atoms with Crippen molar-refractivity contribution in [3.63, 3.8) is 0 Å². The normalized spacial score (nSPS) is 16.4. The number of thioether (sulfide) groups is 1. The fourth-order valence-corrected chi connectivity index (χ4v) is 3.55. The second-order valence-corrected chi connectivity index (χ2v) is 6.63. The molecule has 2 rings (SSSR count). The van der Waals surface area contributed by atoms with Crippen LogP contribution in [0.5, 0.6) is 0 Å². The number of rotatable bonds is 3. The lowest BCUT2D eigenvalue weighted by Gasteiger charge is -2.20. The Bertz CT molecular complexity index is 478. The molecular formula is C13H14BrF2NOS. The monoisotopic (exact) mass is 349 g/mol. The van der Waals surface area contributed by atoms with E-state index in [1.54, 1.807) is 0 Å². The van der Waals surface area contributed by atoms with E-state index in [0.29, 0.717) is 12.3 Å². The molecule has 1 N–H and O–H groups in total. The molecule has 1 fully saturated rings. The van der Waals surface area contributed by atoms with Gasteiger partial charge in [0.25, 0.3) is 0 Å². The number of anilines is 1. The maximum atomic E-state index is 13.6. The van der Waals surface area contributed by atoms with Crippen molar-refractivity contribution in [2.45, 2.75) is 19.3 Å². The van der Waals surface area contributed by atoms with Crippen LogP contribution >= 0.6 is 27.7 Å². The Kier molecular flexibility index (Phi) is 5.21. The molecule has 19 heavy (non-hydrogen) atoms. The average Bonchev–Trinajstić information content (AvgIpc) is 2.37. The molecule has 104 valence electrons. The highest BCUT2D eigenvalue weighted by Crippen LogP contribution is 2.27. The van der Waals surface area contributed by atoms with Gasteiger partial charge in [-0.2, -0.15) is 11.8 Å². The SMILES string of the molecule is O=C(CC1CCSCC1)Nc1cc(F)c(Br)cc1F. The van der Waals surface area contributed by atoms with Crippen molar-refractivity contribution < 1.29 is 13.6 Å². The lowest BCUT2D eigenvalue weighted by atomic mass is 9.98. The van der Waals surface area contributed by atoms with E-state index in [1.165, 1.54) is 0 Å². The van der Waals surface area contributed by atoms with Crippen molar-refractivity contribution in [3.05, 3.63) is 28.2 Å². The van der Waals surface area contributed by atoms with Crippen LogP contribution in [0.3, 0.4) is 0 Å². The second-order valence-electron chi connectivity index (χ2n) is 4.55. The predicted octanol–water partition coefficient (Wildman–Crippen LogP) is 4.20. The summed E-state index contributed by atoms with van der Waals surface area (Å²) >= 11 is 4.79. The van der Waals surface area contributed by atoms with E-state index in [4.69, 9.17) is 0 Å². The van der Waals surface area contributed by atoms with E-state index in [2.05, 4.69) is 21.2 Å². The minimum absolute atomic E-state index is 0.0484. The van der Waals surface area contributed by atoms with E-state index < -0.39 is 11.6 Å². The summed E-state index contributed by atoms with van der Waals surface area (Å²) in [5.41, 5.74) is -0.101. The Morgan fingerprint density at radius 3 is 2.68 bits per heavy atom. The van der Waals surface area contributed by atoms with Crippen molar-refractivity contribution in [2.24, 2.45) is 5.92 Å². The van der Waals surface area contributed by atoms with Crippen LogP contribution in [-0.4, -0.2) is 17.4 Å². The van der Waals surface area contributed by atoms with Gasteiger partial charge < -0.3 is 5.32 Å². The van der Waals surface area contributed by atoms with Crippen LogP contribution in [0.25, 0.3) is 0 Å². The van der Waals surface area contributed by atoms with Gasteiger partial charge >= 0.3 is 0 Å². The number of amides is 1. The summed E-state index contributed by atoms with van der Waals surface area (Å²) in [5.74, 6) is 1.01. The van der Waals surface area contributed by atoms with Gasteiger partial charge in [-0.15, -0.1) is 0 Å². The van der Waals surface area contributed by atoms with Crippen LogP contribution in [0.4, 0.5) is 14.5 Å². The minimum atomic E-state index is -0.638. The second kappa shape index (κ2) is 6.70. The lowest BCUT2D eigenvalue weighted by molar-refractivity contribution is -0.117. The van der Waals surface area contributed by atoms with Crippen molar-refractivity contribution in [1.29, 1.82) is 0 Å². The molecule has 1 aromatic rings. The zero-order valence-electron chi connectivity index (χ0n) is 10.2. The molecule has 1 heterocycles. The number of benzene rings is 1. The third-order valence-corrected chi connectivity index (χ3v) is 4.76. The maximum Gasteiger partial charge on any atom is 0.224 e. The molecule has 0 aliphatic carbocycles. The Morgan fingerprint density at radius 2 is 2.00 bits per heavy atom. The summed E-state index contributed by atoms with van der Waals surface area (Å²) in [4.78, 5) is 11.8. The molecule has 0 aromatic heterocycles. The van der Waals surface area contributed by atoms with Gasteiger partial charge in [0, 0.05) is 12.5 Å². The Balaban J connectivity index is 1.96. The zero-order chi connectivity index (χ0) is 13.8. The quantitative estimate of drug-likeness (QED) is 0.828. The Labute approximate surface area is 123 Å². The highest BCUT2D eigenvalue weighted by molar-refractivity contribution is 9.10. The first-order chi connectivity index (χ1) is 9.06. The summed E-state index contributed by atoms with van der Waals surface area (Å²) in [7, 11) is 0. The van der Waals surface area contributed by atoms with Crippen LogP contribution in [-0.2, 0) is 4.79 Å². The highest BCUT2D eigenvalue weighted by Gasteiger charge is 2.18. The molecule has 0 bridgehead atoms. The summed E-state index contributed by atoms with van der Waals surface area (Å²) in [5, 5.41) is 2.44. The minimum Gasteiger partial charge on any atom is -0.324 e. The summed E-state index contributed by atoms with van der Waals surface area (Å²) in [6.07, 6.45) is 2.39. The van der Waals surface area contributed by atoms with Gasteiger partial charge in [0.15, 0.2) is 0 Å². The summed E-state index contributed by atoms with van der Waals surface area (Å²) in [6.45, 7) is 0. The first-order valence-electron chi connectivity index (χ1n) is 6.08. The smallest absolute Gasteiger partial charge is 0.224 e. The molecule has 0 atom stereocenters. The third kappa shape index (κ3) is 4.18. The van der Waals surface area contributed by atoms with Crippen molar-refractivity contribution in [3.8, 4) is 0 Å². The number of hydrogen-bond donors (Lipinski definition) is 1. The van der Waals surface area contributed by atoms with E-state index in [9.17, 15) is 13.6 Å². The standard InChI is InChI=1S/C13H14BrF2NOS/c14-9-6-11(16)12(7-10(9)15)17-13(18)5-8-1-3-19-4-2-8/h6-8H,1-5H2,(H,17,18). The third-order valence-electron chi connectivity index (χ3n) is 3.10. The van der Waals surface area contributed by atoms with Gasteiger partial charge in [0.1, 0.15) is 11.6 Å². The molecule has 6 heteroatoms. The number of halogens is 3. The molecule has 0 unspecified atom stereocenters. The van der Waals surface area contributed by atoms with Gasteiger partial charge in [-0.25, -0.2) is 8.78 Å². The molecule has 0 radical (unpaired) electrons. The lowest BCUT2D eigenvalue weighted by Crippen LogP contribution is -2.20. The van der Waals surface area contributed by atoms with E-state index in [1.807, 2.05) is 11.8 Å². The van der Waals surface area contributed by atoms with Crippen molar-refractivity contribution >= 4 is 39.3 Å². The van der Waals surface area contributed by atoms with Crippen molar-refractivity contribution in [2.75, 3.05) is 16.8 Å². The molecule has 1 saturated heterocycles. The largest absolute Gasteiger partial charge is 0.324 e. The van der Waals surface area contributed by atoms with Gasteiger partial charge in [-0.1, -0.05) is 0 Å². The van der Waals surface area contributed by atoms with Crippen LogP contribution in [0.2, 0.25) is 0 Å².